The van der Waals surface area contributed by atoms with E-state index in [-0.39, 0.29) is 11.6 Å². The van der Waals surface area contributed by atoms with Crippen LogP contribution in [0.3, 0.4) is 0 Å². The van der Waals surface area contributed by atoms with Gasteiger partial charge in [-0.15, -0.1) is 5.73 Å². The van der Waals surface area contributed by atoms with Crippen molar-refractivity contribution in [2.24, 2.45) is 0 Å². The summed E-state index contributed by atoms with van der Waals surface area (Å²) in [5.74, 6) is 0. The van der Waals surface area contributed by atoms with Gasteiger partial charge in [0.25, 0.3) is 0 Å². The second kappa shape index (κ2) is 5.42. The molecule has 0 aromatic rings. The lowest BCUT2D eigenvalue weighted by Gasteiger charge is -1.94. The average molecular weight is 166 g/mol. The first-order valence-corrected chi connectivity index (χ1v) is 4.26. The first-order chi connectivity index (χ1) is 4.06. The summed E-state index contributed by atoms with van der Waals surface area (Å²) in [6.07, 6.45) is 2.69. The molecule has 0 fully saturated rings. The minimum Gasteiger partial charge on any atom is -0.412 e. The number of hydrogen-bond acceptors (Lipinski definition) is 1. The van der Waals surface area contributed by atoms with Gasteiger partial charge in [0.1, 0.15) is 0 Å². The number of rotatable bonds is 2. The Labute approximate surface area is 59.4 Å². The molecule has 0 saturated carbocycles. The van der Waals surface area contributed by atoms with E-state index in [0.29, 0.717) is 0 Å². The van der Waals surface area contributed by atoms with Crippen molar-refractivity contribution in [2.75, 3.05) is 6.16 Å². The molecule has 4 N–H and O–H groups in total. The molecule has 0 bridgehead atoms. The molecule has 0 aliphatic heterocycles. The lowest BCUT2D eigenvalue weighted by molar-refractivity contribution is 0.377. The molecule has 60 valence electrons. The second-order valence-electron chi connectivity index (χ2n) is 1.51. The van der Waals surface area contributed by atoms with Crippen LogP contribution in [0, 0.1) is 0 Å². The molecule has 0 radical (unpaired) electrons. The highest BCUT2D eigenvalue weighted by Crippen LogP contribution is 2.33. The third-order valence-corrected chi connectivity index (χ3v) is 1.27. The molecule has 5 heteroatoms. The SMILES string of the molecule is CC=C=CCP(=O)(O)O.O. The Morgan fingerprint density at radius 1 is 1.60 bits per heavy atom. The largest absolute Gasteiger partial charge is 0.412 e. The van der Waals surface area contributed by atoms with Gasteiger partial charge in [-0.05, 0) is 19.1 Å². The number of hydrogen-bond donors (Lipinski definition) is 2. The van der Waals surface area contributed by atoms with E-state index in [4.69, 9.17) is 9.79 Å². The van der Waals surface area contributed by atoms with E-state index < -0.39 is 7.60 Å². The van der Waals surface area contributed by atoms with Crippen molar-refractivity contribution in [2.45, 2.75) is 6.92 Å². The van der Waals surface area contributed by atoms with Crippen LogP contribution in [0.5, 0.6) is 0 Å². The van der Waals surface area contributed by atoms with Gasteiger partial charge in [-0.3, -0.25) is 4.57 Å². The molecule has 10 heavy (non-hydrogen) atoms. The lowest BCUT2D eigenvalue weighted by Crippen LogP contribution is -1.79. The van der Waals surface area contributed by atoms with Crippen molar-refractivity contribution in [1.29, 1.82) is 0 Å². The van der Waals surface area contributed by atoms with Crippen LogP contribution in [0.15, 0.2) is 17.9 Å². The molecular formula is C5H11O4P. The van der Waals surface area contributed by atoms with Crippen LogP contribution in [0.1, 0.15) is 6.92 Å². The predicted molar refractivity (Wildman–Crippen MR) is 38.9 cm³/mol. The van der Waals surface area contributed by atoms with Crippen LogP contribution in [-0.2, 0) is 4.57 Å². The monoisotopic (exact) mass is 166 g/mol. The quantitative estimate of drug-likeness (QED) is 0.449. The Morgan fingerprint density at radius 2 is 2.10 bits per heavy atom. The van der Waals surface area contributed by atoms with Gasteiger partial charge < -0.3 is 15.3 Å². The van der Waals surface area contributed by atoms with Gasteiger partial charge in [0.2, 0.25) is 0 Å². The maximum Gasteiger partial charge on any atom is 0.329 e. The van der Waals surface area contributed by atoms with Crippen LogP contribution >= 0.6 is 7.60 Å². The summed E-state index contributed by atoms with van der Waals surface area (Å²) in [5, 5.41) is 0. The molecule has 4 nitrogen and oxygen atoms in total. The fourth-order valence-corrected chi connectivity index (χ4v) is 0.633. The van der Waals surface area contributed by atoms with Crippen LogP contribution in [0.2, 0.25) is 0 Å². The van der Waals surface area contributed by atoms with Gasteiger partial charge in [0.15, 0.2) is 0 Å². The molecule has 0 aromatic heterocycles. The highest BCUT2D eigenvalue weighted by Gasteiger charge is 2.07. The highest BCUT2D eigenvalue weighted by atomic mass is 31.2. The molecule has 0 saturated heterocycles. The van der Waals surface area contributed by atoms with Crippen LogP contribution in [0.25, 0.3) is 0 Å². The van der Waals surface area contributed by atoms with Crippen molar-refractivity contribution in [1.82, 2.24) is 0 Å². The molecule has 0 amide bonds. The van der Waals surface area contributed by atoms with Crippen LogP contribution < -0.4 is 0 Å². The molecule has 0 aromatic carbocycles. The summed E-state index contributed by atoms with van der Waals surface area (Å²) in [5.41, 5.74) is 2.56. The van der Waals surface area contributed by atoms with Crippen molar-refractivity contribution in [3.8, 4) is 0 Å². The zero-order valence-electron chi connectivity index (χ0n) is 5.61. The van der Waals surface area contributed by atoms with Crippen molar-refractivity contribution < 1.29 is 19.8 Å². The zero-order chi connectivity index (χ0) is 7.33. The molecule has 0 heterocycles. The lowest BCUT2D eigenvalue weighted by atomic mass is 10.6. The normalized spacial score (nSPS) is 9.10. The van der Waals surface area contributed by atoms with Crippen LogP contribution in [0.4, 0.5) is 0 Å². The van der Waals surface area contributed by atoms with Gasteiger partial charge in [-0.2, -0.15) is 0 Å². The summed E-state index contributed by atoms with van der Waals surface area (Å²) in [6, 6.07) is 0. The Morgan fingerprint density at radius 3 is 2.40 bits per heavy atom. The molecule has 0 aliphatic carbocycles. The molecule has 0 unspecified atom stereocenters. The topological polar surface area (TPSA) is 89.0 Å². The summed E-state index contributed by atoms with van der Waals surface area (Å²) < 4.78 is 10.1. The fraction of sp³-hybridized carbons (Fsp3) is 0.400. The molecule has 0 aliphatic rings. The van der Waals surface area contributed by atoms with Crippen molar-refractivity contribution in [3.63, 3.8) is 0 Å². The minimum absolute atomic E-state index is 0. The van der Waals surface area contributed by atoms with E-state index in [1.807, 2.05) is 0 Å². The van der Waals surface area contributed by atoms with Gasteiger partial charge in [0.05, 0.1) is 6.16 Å². The summed E-state index contributed by atoms with van der Waals surface area (Å²) in [4.78, 5) is 16.5. The van der Waals surface area contributed by atoms with Gasteiger partial charge in [-0.1, -0.05) is 0 Å². The Hall–Kier alpha value is -0.370. The van der Waals surface area contributed by atoms with Crippen molar-refractivity contribution in [3.05, 3.63) is 17.9 Å². The first kappa shape index (κ1) is 12.3. The fourth-order valence-electron chi connectivity index (χ4n) is 0.289. The average Bonchev–Trinajstić information content (AvgIpc) is 1.63. The Balaban J connectivity index is 0. The Kier molecular flexibility index (Phi) is 6.67. The van der Waals surface area contributed by atoms with E-state index in [1.54, 1.807) is 13.0 Å². The third kappa shape index (κ3) is 10.6. The first-order valence-electron chi connectivity index (χ1n) is 2.46. The summed E-state index contributed by atoms with van der Waals surface area (Å²) in [6.45, 7) is 1.73. The third-order valence-electron chi connectivity index (χ3n) is 0.614. The van der Waals surface area contributed by atoms with Gasteiger partial charge in [0, 0.05) is 0 Å². The van der Waals surface area contributed by atoms with Gasteiger partial charge in [-0.25, -0.2) is 0 Å². The smallest absolute Gasteiger partial charge is 0.329 e. The summed E-state index contributed by atoms with van der Waals surface area (Å²) in [7, 11) is -3.83. The highest BCUT2D eigenvalue weighted by molar-refractivity contribution is 7.51. The zero-order valence-corrected chi connectivity index (χ0v) is 6.51. The molecular weight excluding hydrogens is 155 g/mol. The molecule has 0 atom stereocenters. The number of allylic oxidation sites excluding steroid dienone is 1. The predicted octanol–water partition coefficient (Wildman–Crippen LogP) is 0.0706. The molecule has 0 spiro atoms. The van der Waals surface area contributed by atoms with Crippen LogP contribution in [-0.4, -0.2) is 21.4 Å². The van der Waals surface area contributed by atoms with E-state index >= 15 is 0 Å². The minimum atomic E-state index is -3.83. The van der Waals surface area contributed by atoms with E-state index in [2.05, 4.69) is 5.73 Å². The summed E-state index contributed by atoms with van der Waals surface area (Å²) >= 11 is 0. The Bertz CT molecular complexity index is 174. The second-order valence-corrected chi connectivity index (χ2v) is 3.20. The van der Waals surface area contributed by atoms with E-state index in [1.165, 1.54) is 6.08 Å². The van der Waals surface area contributed by atoms with Crippen molar-refractivity contribution >= 4 is 7.60 Å². The van der Waals surface area contributed by atoms with E-state index in [0.717, 1.165) is 0 Å². The maximum absolute atomic E-state index is 10.1. The molecule has 0 rings (SSSR count). The van der Waals surface area contributed by atoms with Gasteiger partial charge >= 0.3 is 7.60 Å². The van der Waals surface area contributed by atoms with E-state index in [9.17, 15) is 4.57 Å². The maximum atomic E-state index is 10.1. The standard InChI is InChI=1S/C5H9O3P.H2O/c1-2-3-4-5-9(6,7)8;/h2,4H,5H2,1H3,(H2,6,7,8);1H2.